The second-order valence-electron chi connectivity index (χ2n) is 7.99. The maximum absolute atomic E-state index is 13.9. The summed E-state index contributed by atoms with van der Waals surface area (Å²) < 4.78 is 19.5. The van der Waals surface area contributed by atoms with Gasteiger partial charge in [0.1, 0.15) is 11.2 Å². The first-order chi connectivity index (χ1) is 14.9. The van der Waals surface area contributed by atoms with Crippen molar-refractivity contribution in [2.75, 3.05) is 5.32 Å². The fourth-order valence-electron chi connectivity index (χ4n) is 3.93. The Bertz CT molecular complexity index is 1010. The monoisotopic (exact) mass is 449 g/mol. The number of thiophene rings is 1. The molecular formula is C21H24FN3O5S. The van der Waals surface area contributed by atoms with Crippen LogP contribution in [0.3, 0.4) is 0 Å². The van der Waals surface area contributed by atoms with E-state index in [1.165, 1.54) is 11.3 Å². The number of alkyl halides is 1. The number of hydrogen-bond acceptors (Lipinski definition) is 6. The lowest BCUT2D eigenvalue weighted by Crippen LogP contribution is -2.16. The van der Waals surface area contributed by atoms with Crippen molar-refractivity contribution in [3.63, 3.8) is 0 Å². The summed E-state index contributed by atoms with van der Waals surface area (Å²) in [5.41, 5.74) is 2.71. The SMILES string of the molecule is O=C(Nc1sc2c(c1-c1nc(C3CC3)no1)CC[C@H](F)C2)C1=CCCCC1.O=C(O)O. The zero-order valence-electron chi connectivity index (χ0n) is 16.9. The second-order valence-corrected chi connectivity index (χ2v) is 9.10. The van der Waals surface area contributed by atoms with Gasteiger partial charge in [0.25, 0.3) is 11.8 Å². The number of carbonyl (C=O) groups excluding carboxylic acids is 1. The lowest BCUT2D eigenvalue weighted by molar-refractivity contribution is -0.113. The van der Waals surface area contributed by atoms with Crippen LogP contribution >= 0.6 is 11.3 Å². The third kappa shape index (κ3) is 5.12. The molecule has 0 bridgehead atoms. The van der Waals surface area contributed by atoms with Crippen LogP contribution in [-0.4, -0.2) is 38.6 Å². The number of rotatable bonds is 4. The molecule has 0 aromatic carbocycles. The third-order valence-electron chi connectivity index (χ3n) is 5.61. The molecule has 3 N–H and O–H groups in total. The number of nitrogens with zero attached hydrogens (tertiary/aromatic N) is 2. The molecule has 1 atom stereocenters. The minimum atomic E-state index is -1.83. The smallest absolute Gasteiger partial charge is 0.450 e. The Morgan fingerprint density at radius 1 is 1.19 bits per heavy atom. The van der Waals surface area contributed by atoms with Crippen LogP contribution in [0.4, 0.5) is 14.2 Å². The Balaban J connectivity index is 0.000000535. The molecule has 0 unspecified atom stereocenters. The molecule has 31 heavy (non-hydrogen) atoms. The van der Waals surface area contributed by atoms with Crippen LogP contribution in [0.5, 0.6) is 0 Å². The van der Waals surface area contributed by atoms with Crippen molar-refractivity contribution in [3.05, 3.63) is 27.9 Å². The third-order valence-corrected chi connectivity index (χ3v) is 6.78. The maximum Gasteiger partial charge on any atom is 0.503 e. The van der Waals surface area contributed by atoms with Crippen molar-refractivity contribution in [1.29, 1.82) is 0 Å². The average molecular weight is 450 g/mol. The fourth-order valence-corrected chi connectivity index (χ4v) is 5.23. The lowest BCUT2D eigenvalue weighted by Gasteiger charge is -2.15. The van der Waals surface area contributed by atoms with Gasteiger partial charge in [0.15, 0.2) is 5.82 Å². The number of aromatic nitrogens is 2. The van der Waals surface area contributed by atoms with E-state index in [1.807, 2.05) is 6.08 Å². The van der Waals surface area contributed by atoms with Gasteiger partial charge in [-0.3, -0.25) is 4.79 Å². The number of nitrogens with one attached hydrogen (secondary N) is 1. The molecule has 3 aliphatic rings. The van der Waals surface area contributed by atoms with Gasteiger partial charge >= 0.3 is 6.16 Å². The van der Waals surface area contributed by atoms with Gasteiger partial charge in [-0.25, -0.2) is 9.18 Å². The molecule has 2 aromatic heterocycles. The van der Waals surface area contributed by atoms with Crippen LogP contribution in [-0.2, 0) is 17.6 Å². The molecule has 10 heteroatoms. The lowest BCUT2D eigenvalue weighted by atomic mass is 9.94. The van der Waals surface area contributed by atoms with Crippen molar-refractivity contribution in [2.45, 2.75) is 69.9 Å². The minimum Gasteiger partial charge on any atom is -0.450 e. The normalized spacial score (nSPS) is 20.2. The van der Waals surface area contributed by atoms with Crippen LogP contribution in [0.15, 0.2) is 16.2 Å². The summed E-state index contributed by atoms with van der Waals surface area (Å²) in [6.07, 6.45) is 7.06. The van der Waals surface area contributed by atoms with Gasteiger partial charge in [0.2, 0.25) is 0 Å². The molecule has 8 nitrogen and oxygen atoms in total. The fraction of sp³-hybridized carbons (Fsp3) is 0.524. The van der Waals surface area contributed by atoms with Crippen LogP contribution in [0.1, 0.15) is 67.1 Å². The van der Waals surface area contributed by atoms with Crippen molar-refractivity contribution in [3.8, 4) is 11.5 Å². The summed E-state index contributed by atoms with van der Waals surface area (Å²) >= 11 is 1.46. The molecular weight excluding hydrogens is 425 g/mol. The number of hydrogen-bond donors (Lipinski definition) is 3. The largest absolute Gasteiger partial charge is 0.503 e. The number of fused-ring (bicyclic) bond motifs is 1. The summed E-state index contributed by atoms with van der Waals surface area (Å²) in [6.45, 7) is 0. The van der Waals surface area contributed by atoms with Crippen LogP contribution in [0.25, 0.3) is 11.5 Å². The van der Waals surface area contributed by atoms with E-state index in [9.17, 15) is 9.18 Å². The molecule has 0 aliphatic heterocycles. The van der Waals surface area contributed by atoms with E-state index in [2.05, 4.69) is 15.5 Å². The van der Waals surface area contributed by atoms with Gasteiger partial charge in [0.05, 0.1) is 5.56 Å². The summed E-state index contributed by atoms with van der Waals surface area (Å²) in [7, 11) is 0. The zero-order valence-corrected chi connectivity index (χ0v) is 17.7. The van der Waals surface area contributed by atoms with Gasteiger partial charge in [-0.2, -0.15) is 4.98 Å². The summed E-state index contributed by atoms with van der Waals surface area (Å²) in [4.78, 5) is 26.9. The van der Waals surface area contributed by atoms with Crippen molar-refractivity contribution in [2.24, 2.45) is 0 Å². The van der Waals surface area contributed by atoms with Crippen LogP contribution in [0, 0.1) is 0 Å². The Labute approximate surface area is 182 Å². The highest BCUT2D eigenvalue weighted by Crippen LogP contribution is 2.46. The quantitative estimate of drug-likeness (QED) is 0.588. The molecule has 1 fully saturated rings. The van der Waals surface area contributed by atoms with Gasteiger partial charge in [-0.1, -0.05) is 11.2 Å². The van der Waals surface area contributed by atoms with Gasteiger partial charge < -0.3 is 20.1 Å². The summed E-state index contributed by atoms with van der Waals surface area (Å²) in [5, 5.41) is 21.9. The van der Waals surface area contributed by atoms with Gasteiger partial charge in [-0.15, -0.1) is 11.3 Å². The number of amides is 1. The highest BCUT2D eigenvalue weighted by atomic mass is 32.1. The van der Waals surface area contributed by atoms with Crippen molar-refractivity contribution in [1.82, 2.24) is 10.1 Å². The number of anilines is 1. The molecule has 5 rings (SSSR count). The van der Waals surface area contributed by atoms with Crippen LogP contribution in [0.2, 0.25) is 0 Å². The maximum atomic E-state index is 13.9. The first kappa shape index (κ1) is 21.5. The van der Waals surface area contributed by atoms with E-state index in [-0.39, 0.29) is 5.91 Å². The number of halogens is 1. The Morgan fingerprint density at radius 3 is 2.65 bits per heavy atom. The molecule has 1 amide bonds. The highest BCUT2D eigenvalue weighted by molar-refractivity contribution is 7.17. The van der Waals surface area contributed by atoms with E-state index < -0.39 is 12.3 Å². The predicted octanol–water partition coefficient (Wildman–Crippen LogP) is 5.16. The van der Waals surface area contributed by atoms with Gasteiger partial charge in [-0.05, 0) is 56.9 Å². The zero-order chi connectivity index (χ0) is 22.0. The molecule has 1 saturated carbocycles. The molecule has 3 aliphatic carbocycles. The Morgan fingerprint density at radius 2 is 1.97 bits per heavy atom. The topological polar surface area (TPSA) is 126 Å². The Kier molecular flexibility index (Phi) is 6.35. The first-order valence-corrected chi connectivity index (χ1v) is 11.3. The number of allylic oxidation sites excluding steroid dienone is 1. The van der Waals surface area contributed by atoms with E-state index in [0.717, 1.165) is 70.9 Å². The first-order valence-electron chi connectivity index (χ1n) is 10.5. The standard InChI is InChI=1S/C20H22FN3O2S.CH2O3/c21-13-8-9-14-15(10-13)27-20(23-18(25)12-4-2-1-3-5-12)16(14)19-22-17(24-26-19)11-6-7-11;2-1(3)4/h4,11,13H,1-3,5-10H2,(H,23,25);(H2,2,3,4)/t13-;/m0./s1. The number of carboxylic acid groups (broad SMARTS) is 2. The molecule has 0 spiro atoms. The van der Waals surface area contributed by atoms with Crippen molar-refractivity contribution >= 4 is 28.4 Å². The Hall–Kier alpha value is -2.75. The molecule has 0 radical (unpaired) electrons. The highest BCUT2D eigenvalue weighted by Gasteiger charge is 2.33. The summed E-state index contributed by atoms with van der Waals surface area (Å²) in [5.74, 6) is 1.54. The number of carbonyl (C=O) groups is 2. The van der Waals surface area contributed by atoms with Crippen LogP contribution < -0.4 is 5.32 Å². The van der Waals surface area contributed by atoms with E-state index in [1.54, 1.807) is 0 Å². The second kappa shape index (κ2) is 9.17. The van der Waals surface area contributed by atoms with E-state index in [4.69, 9.17) is 19.5 Å². The van der Waals surface area contributed by atoms with E-state index >= 15 is 0 Å². The van der Waals surface area contributed by atoms with Crippen molar-refractivity contribution < 1.29 is 28.7 Å². The molecule has 2 aromatic rings. The summed E-state index contributed by atoms with van der Waals surface area (Å²) in [6, 6.07) is 0. The van der Waals surface area contributed by atoms with Gasteiger partial charge in [0, 0.05) is 22.8 Å². The molecule has 0 saturated heterocycles. The van der Waals surface area contributed by atoms with E-state index in [0.29, 0.717) is 31.1 Å². The minimum absolute atomic E-state index is 0.0618. The average Bonchev–Trinajstić information content (AvgIpc) is 3.37. The molecule has 2 heterocycles. The molecule has 166 valence electrons. The predicted molar refractivity (Wildman–Crippen MR) is 112 cm³/mol.